The monoisotopic (exact) mass is 402 g/mol. The van der Waals surface area contributed by atoms with Crippen molar-refractivity contribution in [3.8, 4) is 16.3 Å². The van der Waals surface area contributed by atoms with Gasteiger partial charge in [0.25, 0.3) is 5.22 Å². The minimum absolute atomic E-state index is 0.149. The number of hydrogen-bond donors (Lipinski definition) is 0. The molecule has 0 N–H and O–H groups in total. The molecule has 1 saturated heterocycles. The summed E-state index contributed by atoms with van der Waals surface area (Å²) in [6, 6.07) is 7.85. The van der Waals surface area contributed by atoms with Crippen molar-refractivity contribution < 1.29 is 13.9 Å². The molecule has 27 heavy (non-hydrogen) atoms. The normalized spacial score (nSPS) is 14.1. The van der Waals surface area contributed by atoms with Crippen LogP contribution in [-0.2, 0) is 17.1 Å². The fraction of sp³-hybridized carbons (Fsp3) is 0.333. The van der Waals surface area contributed by atoms with Crippen LogP contribution >= 0.6 is 23.1 Å². The van der Waals surface area contributed by atoms with Gasteiger partial charge in [0.2, 0.25) is 11.8 Å². The van der Waals surface area contributed by atoms with E-state index in [1.54, 1.807) is 23.3 Å². The van der Waals surface area contributed by atoms with Gasteiger partial charge in [-0.25, -0.2) is 4.98 Å². The minimum Gasteiger partial charge on any atom is -0.497 e. The lowest BCUT2D eigenvalue weighted by Gasteiger charge is -2.11. The van der Waals surface area contributed by atoms with Crippen LogP contribution in [0.5, 0.6) is 5.75 Å². The van der Waals surface area contributed by atoms with Crippen LogP contribution in [0.25, 0.3) is 10.6 Å². The first-order valence-corrected chi connectivity index (χ1v) is 10.4. The van der Waals surface area contributed by atoms with Crippen LogP contribution in [0.4, 0.5) is 0 Å². The minimum atomic E-state index is 0.149. The molecule has 1 aliphatic heterocycles. The molecule has 1 aliphatic rings. The van der Waals surface area contributed by atoms with E-state index in [0.29, 0.717) is 29.8 Å². The van der Waals surface area contributed by atoms with Crippen LogP contribution in [0.15, 0.2) is 39.3 Å². The molecule has 0 radical (unpaired) electrons. The molecular weight excluding hydrogens is 384 g/mol. The van der Waals surface area contributed by atoms with E-state index in [1.165, 1.54) is 11.8 Å². The fourth-order valence-corrected chi connectivity index (χ4v) is 4.37. The molecule has 0 saturated carbocycles. The number of thiazole rings is 1. The summed E-state index contributed by atoms with van der Waals surface area (Å²) in [4.78, 5) is 18.1. The Labute approximate surface area is 164 Å². The molecule has 0 aliphatic carbocycles. The molecule has 9 heteroatoms. The summed E-state index contributed by atoms with van der Waals surface area (Å²) in [6.07, 6.45) is 1.50. The third-order valence-corrected chi connectivity index (χ3v) is 5.97. The summed E-state index contributed by atoms with van der Waals surface area (Å²) >= 11 is 3.05. The van der Waals surface area contributed by atoms with Crippen LogP contribution in [0.1, 0.15) is 24.4 Å². The molecule has 7 nitrogen and oxygen atoms in total. The first-order chi connectivity index (χ1) is 13.2. The van der Waals surface area contributed by atoms with Crippen molar-refractivity contribution in [1.29, 1.82) is 0 Å². The van der Waals surface area contributed by atoms with Gasteiger partial charge in [-0.1, -0.05) is 11.8 Å². The summed E-state index contributed by atoms with van der Waals surface area (Å²) in [5, 5.41) is 11.6. The van der Waals surface area contributed by atoms with Crippen molar-refractivity contribution in [3.05, 3.63) is 41.2 Å². The Morgan fingerprint density at radius 1 is 1.30 bits per heavy atom. The van der Waals surface area contributed by atoms with Crippen LogP contribution in [0, 0.1) is 0 Å². The smallest absolute Gasteiger partial charge is 0.277 e. The van der Waals surface area contributed by atoms with E-state index in [1.807, 2.05) is 29.6 Å². The molecule has 2 aromatic heterocycles. The van der Waals surface area contributed by atoms with Crippen molar-refractivity contribution in [1.82, 2.24) is 20.1 Å². The van der Waals surface area contributed by atoms with Crippen molar-refractivity contribution in [3.63, 3.8) is 0 Å². The molecule has 1 aromatic carbocycles. The molecule has 1 fully saturated rings. The zero-order chi connectivity index (χ0) is 18.6. The van der Waals surface area contributed by atoms with Gasteiger partial charge < -0.3 is 14.1 Å². The number of benzene rings is 1. The largest absolute Gasteiger partial charge is 0.497 e. The number of hydrogen-bond acceptors (Lipinski definition) is 8. The first-order valence-electron chi connectivity index (χ1n) is 8.53. The van der Waals surface area contributed by atoms with Crippen LogP contribution in [0.3, 0.4) is 0 Å². The van der Waals surface area contributed by atoms with Gasteiger partial charge in [-0.15, -0.1) is 21.5 Å². The average Bonchev–Trinajstić information content (AvgIpc) is 3.43. The standard InChI is InChI=1S/C18H18N4O3S2/c1-24-14-6-4-12(5-7-14)17-19-13(10-26-17)11-27-18-21-20-15(25-18)9-22-8-2-3-16(22)23/h4-7,10H,2-3,8-9,11H2,1H3. The van der Waals surface area contributed by atoms with Crippen molar-refractivity contribution in [2.75, 3.05) is 13.7 Å². The van der Waals surface area contributed by atoms with Gasteiger partial charge in [-0.3, -0.25) is 4.79 Å². The van der Waals surface area contributed by atoms with Crippen molar-refractivity contribution in [2.24, 2.45) is 0 Å². The SMILES string of the molecule is COc1ccc(-c2nc(CSc3nnc(CN4CCCC4=O)o3)cs2)cc1. The maximum atomic E-state index is 11.7. The summed E-state index contributed by atoms with van der Waals surface area (Å²) in [7, 11) is 1.65. The van der Waals surface area contributed by atoms with Gasteiger partial charge in [0.15, 0.2) is 0 Å². The van der Waals surface area contributed by atoms with E-state index < -0.39 is 0 Å². The summed E-state index contributed by atoms with van der Waals surface area (Å²) in [5.74, 6) is 2.10. The topological polar surface area (TPSA) is 81.4 Å². The average molecular weight is 403 g/mol. The Hall–Kier alpha value is -2.39. The number of amides is 1. The number of carbonyl (C=O) groups is 1. The zero-order valence-corrected chi connectivity index (χ0v) is 16.4. The second-order valence-electron chi connectivity index (χ2n) is 6.04. The lowest BCUT2D eigenvalue weighted by Crippen LogP contribution is -2.23. The number of carbonyl (C=O) groups excluding carboxylic acids is 1. The zero-order valence-electron chi connectivity index (χ0n) is 14.8. The highest BCUT2D eigenvalue weighted by atomic mass is 32.2. The molecule has 1 amide bonds. The molecule has 0 spiro atoms. The number of ether oxygens (including phenoxy) is 1. The Kier molecular flexibility index (Phi) is 5.40. The maximum Gasteiger partial charge on any atom is 0.277 e. The number of rotatable bonds is 7. The molecule has 140 valence electrons. The van der Waals surface area contributed by atoms with E-state index in [2.05, 4.69) is 15.2 Å². The molecule has 0 bridgehead atoms. The first kappa shape index (κ1) is 18.0. The van der Waals surface area contributed by atoms with Gasteiger partial charge in [0, 0.05) is 29.7 Å². The predicted molar refractivity (Wildman–Crippen MR) is 103 cm³/mol. The van der Waals surface area contributed by atoms with Crippen LogP contribution in [-0.4, -0.2) is 39.6 Å². The number of nitrogens with zero attached hydrogens (tertiary/aromatic N) is 4. The highest BCUT2D eigenvalue weighted by molar-refractivity contribution is 7.98. The molecule has 3 heterocycles. The number of aromatic nitrogens is 3. The highest BCUT2D eigenvalue weighted by Gasteiger charge is 2.22. The molecule has 0 atom stereocenters. The maximum absolute atomic E-state index is 11.7. The van der Waals surface area contributed by atoms with Crippen molar-refractivity contribution >= 4 is 29.0 Å². The predicted octanol–water partition coefficient (Wildman–Crippen LogP) is 3.62. The van der Waals surface area contributed by atoms with Gasteiger partial charge in [-0.05, 0) is 30.7 Å². The Morgan fingerprint density at radius 2 is 2.15 bits per heavy atom. The second kappa shape index (κ2) is 8.10. The molecular formula is C18H18N4O3S2. The summed E-state index contributed by atoms with van der Waals surface area (Å²) in [5.41, 5.74) is 2.03. The van der Waals surface area contributed by atoms with Crippen LogP contribution < -0.4 is 4.74 Å². The fourth-order valence-electron chi connectivity index (χ4n) is 2.77. The quantitative estimate of drug-likeness (QED) is 0.558. The van der Waals surface area contributed by atoms with Gasteiger partial charge in [-0.2, -0.15) is 0 Å². The third kappa shape index (κ3) is 4.30. The number of likely N-dealkylation sites (tertiary alicyclic amines) is 1. The Morgan fingerprint density at radius 3 is 2.89 bits per heavy atom. The summed E-state index contributed by atoms with van der Waals surface area (Å²) < 4.78 is 10.8. The van der Waals surface area contributed by atoms with E-state index >= 15 is 0 Å². The number of methoxy groups -OCH3 is 1. The lowest BCUT2D eigenvalue weighted by atomic mass is 10.2. The summed E-state index contributed by atoms with van der Waals surface area (Å²) in [6.45, 7) is 1.15. The molecule has 0 unspecified atom stereocenters. The van der Waals surface area contributed by atoms with Gasteiger partial charge >= 0.3 is 0 Å². The van der Waals surface area contributed by atoms with Gasteiger partial charge in [0.1, 0.15) is 10.8 Å². The molecule has 4 rings (SSSR count). The Bertz CT molecular complexity index is 923. The van der Waals surface area contributed by atoms with E-state index in [9.17, 15) is 4.79 Å². The second-order valence-corrected chi connectivity index (χ2v) is 7.83. The van der Waals surface area contributed by atoms with E-state index in [-0.39, 0.29) is 5.91 Å². The Balaban J connectivity index is 1.34. The number of thioether (sulfide) groups is 1. The van der Waals surface area contributed by atoms with E-state index in [0.717, 1.165) is 35.0 Å². The highest BCUT2D eigenvalue weighted by Crippen LogP contribution is 2.28. The van der Waals surface area contributed by atoms with E-state index in [4.69, 9.17) is 9.15 Å². The van der Waals surface area contributed by atoms with Crippen molar-refractivity contribution in [2.45, 2.75) is 30.4 Å². The third-order valence-electron chi connectivity index (χ3n) is 4.18. The molecule has 3 aromatic rings. The van der Waals surface area contributed by atoms with Crippen LogP contribution in [0.2, 0.25) is 0 Å². The lowest BCUT2D eigenvalue weighted by molar-refractivity contribution is -0.128. The van der Waals surface area contributed by atoms with Gasteiger partial charge in [0.05, 0.1) is 19.3 Å².